The van der Waals surface area contributed by atoms with E-state index in [-0.39, 0.29) is 29.7 Å². The molecule has 0 bridgehead atoms. The summed E-state index contributed by atoms with van der Waals surface area (Å²) in [6, 6.07) is 6.43. The number of nitrogens with zero attached hydrogens (tertiary/aromatic N) is 2. The summed E-state index contributed by atoms with van der Waals surface area (Å²) in [4.78, 5) is 4.18. The molecule has 2 N–H and O–H groups in total. The molecule has 1 aromatic heterocycles. The molecule has 0 spiro atoms. The summed E-state index contributed by atoms with van der Waals surface area (Å²) in [5, 5.41) is 10.5. The Kier molecular flexibility index (Phi) is 10.3. The van der Waals surface area contributed by atoms with Crippen LogP contribution in [0.15, 0.2) is 33.8 Å². The summed E-state index contributed by atoms with van der Waals surface area (Å²) in [5.74, 6) is 1.63. The topological polar surface area (TPSA) is 71.7 Å². The standard InChI is InChI=1S/C19H25F3N4O2.HI/c1-4-16-15(17(5-2)28-26-16)11-25-18(23-3)24-10-13-6-8-14(9-7-13)27-12-19(20,21)22;/h6-9H,4-5,10-12H2,1-3H3,(H2,23,24,25);1H. The maximum atomic E-state index is 12.2. The molecule has 2 aromatic rings. The van der Waals surface area contributed by atoms with Crippen molar-refractivity contribution in [3.63, 3.8) is 0 Å². The van der Waals surface area contributed by atoms with E-state index in [0.717, 1.165) is 35.4 Å². The van der Waals surface area contributed by atoms with Gasteiger partial charge in [0.15, 0.2) is 12.6 Å². The monoisotopic (exact) mass is 526 g/mol. The number of nitrogens with one attached hydrogen (secondary N) is 2. The van der Waals surface area contributed by atoms with Crippen LogP contribution < -0.4 is 15.4 Å². The quantitative estimate of drug-likeness (QED) is 0.306. The van der Waals surface area contributed by atoms with E-state index in [9.17, 15) is 13.2 Å². The third-order valence-corrected chi connectivity index (χ3v) is 4.05. The lowest BCUT2D eigenvalue weighted by atomic mass is 10.1. The molecular weight excluding hydrogens is 500 g/mol. The Labute approximate surface area is 185 Å². The van der Waals surface area contributed by atoms with Crippen molar-refractivity contribution in [3.8, 4) is 5.75 Å². The number of hydrogen-bond acceptors (Lipinski definition) is 4. The minimum Gasteiger partial charge on any atom is -0.484 e. The number of hydrogen-bond donors (Lipinski definition) is 2. The van der Waals surface area contributed by atoms with Gasteiger partial charge in [0.05, 0.1) is 5.69 Å². The van der Waals surface area contributed by atoms with Crippen molar-refractivity contribution in [2.45, 2.75) is 46.0 Å². The van der Waals surface area contributed by atoms with Crippen molar-refractivity contribution in [2.24, 2.45) is 4.99 Å². The third kappa shape index (κ3) is 8.11. The SMILES string of the molecule is CCc1noc(CC)c1CNC(=NC)NCc1ccc(OCC(F)(F)F)cc1.I. The van der Waals surface area contributed by atoms with E-state index in [1.165, 1.54) is 12.1 Å². The van der Waals surface area contributed by atoms with Crippen LogP contribution >= 0.6 is 24.0 Å². The molecule has 0 atom stereocenters. The van der Waals surface area contributed by atoms with Crippen LogP contribution in [0.5, 0.6) is 5.75 Å². The Morgan fingerprint density at radius 2 is 1.76 bits per heavy atom. The average Bonchev–Trinajstić information content (AvgIpc) is 3.08. The molecule has 29 heavy (non-hydrogen) atoms. The van der Waals surface area contributed by atoms with Crippen LogP contribution in [-0.4, -0.2) is 30.9 Å². The van der Waals surface area contributed by atoms with E-state index >= 15 is 0 Å². The Morgan fingerprint density at radius 3 is 2.31 bits per heavy atom. The molecule has 0 amide bonds. The zero-order chi connectivity index (χ0) is 20.6. The van der Waals surface area contributed by atoms with Crippen LogP contribution in [0, 0.1) is 0 Å². The number of rotatable bonds is 8. The summed E-state index contributed by atoms with van der Waals surface area (Å²) in [6.45, 7) is 3.74. The fraction of sp³-hybridized carbons (Fsp3) is 0.474. The van der Waals surface area contributed by atoms with Gasteiger partial charge in [-0.25, -0.2) is 0 Å². The predicted molar refractivity (Wildman–Crippen MR) is 116 cm³/mol. The fourth-order valence-electron chi connectivity index (χ4n) is 2.59. The molecule has 0 aliphatic heterocycles. The highest BCUT2D eigenvalue weighted by molar-refractivity contribution is 14.0. The number of aryl methyl sites for hydroxylation is 2. The average molecular weight is 526 g/mol. The highest BCUT2D eigenvalue weighted by atomic mass is 127. The van der Waals surface area contributed by atoms with Gasteiger partial charge < -0.3 is 19.9 Å². The zero-order valence-corrected chi connectivity index (χ0v) is 18.9. The van der Waals surface area contributed by atoms with E-state index < -0.39 is 12.8 Å². The first-order valence-corrected chi connectivity index (χ1v) is 9.05. The van der Waals surface area contributed by atoms with E-state index in [0.29, 0.717) is 19.0 Å². The van der Waals surface area contributed by atoms with Crippen molar-refractivity contribution in [3.05, 3.63) is 46.8 Å². The number of ether oxygens (including phenoxy) is 1. The molecule has 0 unspecified atom stereocenters. The molecule has 0 aliphatic rings. The lowest BCUT2D eigenvalue weighted by molar-refractivity contribution is -0.153. The minimum absolute atomic E-state index is 0. The Balaban J connectivity index is 0.00000420. The second-order valence-corrected chi connectivity index (χ2v) is 6.07. The lowest BCUT2D eigenvalue weighted by Gasteiger charge is -2.13. The molecule has 6 nitrogen and oxygen atoms in total. The van der Waals surface area contributed by atoms with E-state index in [1.807, 2.05) is 13.8 Å². The number of benzene rings is 1. The van der Waals surface area contributed by atoms with Gasteiger partial charge in [0, 0.05) is 32.1 Å². The van der Waals surface area contributed by atoms with Gasteiger partial charge >= 0.3 is 6.18 Å². The molecular formula is C19H26F3IN4O2. The minimum atomic E-state index is -4.35. The van der Waals surface area contributed by atoms with Crippen LogP contribution in [0.3, 0.4) is 0 Å². The second-order valence-electron chi connectivity index (χ2n) is 6.07. The van der Waals surface area contributed by atoms with Gasteiger partial charge in [-0.2, -0.15) is 13.2 Å². The molecule has 0 aliphatic carbocycles. The normalized spacial score (nSPS) is 11.7. The highest BCUT2D eigenvalue weighted by Crippen LogP contribution is 2.19. The van der Waals surface area contributed by atoms with Gasteiger partial charge in [0.1, 0.15) is 11.5 Å². The molecule has 0 radical (unpaired) electrons. The summed E-state index contributed by atoms with van der Waals surface area (Å²) in [5.41, 5.74) is 2.85. The van der Waals surface area contributed by atoms with Gasteiger partial charge in [-0.1, -0.05) is 31.1 Å². The van der Waals surface area contributed by atoms with Crippen molar-refractivity contribution >= 4 is 29.9 Å². The molecule has 1 heterocycles. The van der Waals surface area contributed by atoms with Gasteiger partial charge in [0.2, 0.25) is 0 Å². The van der Waals surface area contributed by atoms with Crippen molar-refractivity contribution in [2.75, 3.05) is 13.7 Å². The lowest BCUT2D eigenvalue weighted by Crippen LogP contribution is -2.36. The largest absolute Gasteiger partial charge is 0.484 e. The first-order chi connectivity index (χ1) is 13.4. The summed E-state index contributed by atoms with van der Waals surface area (Å²) in [6.07, 6.45) is -2.80. The van der Waals surface area contributed by atoms with Crippen molar-refractivity contribution in [1.29, 1.82) is 0 Å². The maximum Gasteiger partial charge on any atom is 0.422 e. The van der Waals surface area contributed by atoms with Crippen LogP contribution in [0.2, 0.25) is 0 Å². The Morgan fingerprint density at radius 1 is 1.10 bits per heavy atom. The van der Waals surface area contributed by atoms with Crippen LogP contribution in [0.1, 0.15) is 36.4 Å². The second kappa shape index (κ2) is 11.9. The van der Waals surface area contributed by atoms with E-state index in [1.54, 1.807) is 19.2 Å². The first kappa shape index (κ1) is 25.1. The van der Waals surface area contributed by atoms with Gasteiger partial charge in [-0.15, -0.1) is 24.0 Å². The number of aromatic nitrogens is 1. The van der Waals surface area contributed by atoms with Crippen molar-refractivity contribution < 1.29 is 22.4 Å². The number of guanidine groups is 1. The molecule has 0 saturated carbocycles. The van der Waals surface area contributed by atoms with Crippen LogP contribution in [-0.2, 0) is 25.9 Å². The summed E-state index contributed by atoms with van der Waals surface area (Å²) >= 11 is 0. The van der Waals surface area contributed by atoms with E-state index in [2.05, 4.69) is 20.8 Å². The molecule has 2 rings (SSSR count). The van der Waals surface area contributed by atoms with Gasteiger partial charge in [-0.3, -0.25) is 4.99 Å². The Bertz CT molecular complexity index is 755. The molecule has 10 heteroatoms. The molecule has 1 aromatic carbocycles. The summed E-state index contributed by atoms with van der Waals surface area (Å²) < 4.78 is 46.6. The smallest absolute Gasteiger partial charge is 0.422 e. The van der Waals surface area contributed by atoms with Gasteiger partial charge in [0.25, 0.3) is 0 Å². The fourth-order valence-corrected chi connectivity index (χ4v) is 2.59. The van der Waals surface area contributed by atoms with Crippen molar-refractivity contribution in [1.82, 2.24) is 15.8 Å². The highest BCUT2D eigenvalue weighted by Gasteiger charge is 2.28. The van der Waals surface area contributed by atoms with Crippen LogP contribution in [0.4, 0.5) is 13.2 Å². The van der Waals surface area contributed by atoms with Crippen LogP contribution in [0.25, 0.3) is 0 Å². The van der Waals surface area contributed by atoms with Gasteiger partial charge in [-0.05, 0) is 24.1 Å². The molecule has 0 fully saturated rings. The van der Waals surface area contributed by atoms with E-state index in [4.69, 9.17) is 9.26 Å². The number of halogens is 4. The predicted octanol–water partition coefficient (Wildman–Crippen LogP) is 4.22. The number of alkyl halides is 3. The third-order valence-electron chi connectivity index (χ3n) is 4.05. The number of aliphatic imine (C=N–C) groups is 1. The molecule has 0 saturated heterocycles. The summed E-state index contributed by atoms with van der Waals surface area (Å²) in [7, 11) is 1.67. The molecule has 162 valence electrons. The first-order valence-electron chi connectivity index (χ1n) is 9.05. The zero-order valence-electron chi connectivity index (χ0n) is 16.6. The Hall–Kier alpha value is -1.98. The maximum absolute atomic E-state index is 12.2.